The van der Waals surface area contributed by atoms with Gasteiger partial charge in [0, 0.05) is 12.8 Å². The molecule has 0 aliphatic carbocycles. The molecule has 0 aromatic heterocycles. The van der Waals surface area contributed by atoms with Crippen molar-refractivity contribution >= 4 is 52.8 Å². The molecule has 0 aromatic carbocycles. The van der Waals surface area contributed by atoms with Gasteiger partial charge in [0.1, 0.15) is 0 Å². The van der Waals surface area contributed by atoms with E-state index in [0.717, 1.165) is 12.8 Å². The highest BCUT2D eigenvalue weighted by molar-refractivity contribution is 14.1. The normalized spacial score (nSPS) is 9.40. The number of halogens is 2. The summed E-state index contributed by atoms with van der Waals surface area (Å²) in [6.07, 6.45) is 2.89. The molecule has 10 heavy (non-hydrogen) atoms. The molecule has 0 bridgehead atoms. The first-order valence-electron chi connectivity index (χ1n) is 2.99. The van der Waals surface area contributed by atoms with Crippen LogP contribution in [-0.2, 0) is 9.59 Å². The first-order valence-corrected chi connectivity index (χ1v) is 5.15. The molecule has 0 amide bonds. The summed E-state index contributed by atoms with van der Waals surface area (Å²) in [7, 11) is 0. The van der Waals surface area contributed by atoms with Crippen LogP contribution in [0, 0.1) is 0 Å². The lowest BCUT2D eigenvalue weighted by atomic mass is 10.2. The van der Waals surface area contributed by atoms with E-state index in [1.165, 1.54) is 0 Å². The lowest BCUT2D eigenvalue weighted by Gasteiger charge is -1.91. The monoisotopic (exact) mass is 366 g/mol. The zero-order valence-electron chi connectivity index (χ0n) is 5.40. The van der Waals surface area contributed by atoms with E-state index < -0.39 is 0 Å². The van der Waals surface area contributed by atoms with Crippen LogP contribution in [0.2, 0.25) is 0 Å². The third-order valence-electron chi connectivity index (χ3n) is 0.997. The molecule has 58 valence electrons. The number of hydrogen-bond donors (Lipinski definition) is 0. The molecular formula is C6H8I2O2. The second-order valence-electron chi connectivity index (χ2n) is 1.92. The summed E-state index contributed by atoms with van der Waals surface area (Å²) in [4.78, 5) is 20.8. The van der Waals surface area contributed by atoms with Gasteiger partial charge in [-0.05, 0) is 58.0 Å². The maximum atomic E-state index is 10.4. The Bertz CT molecular complexity index is 118. The lowest BCUT2D eigenvalue weighted by Crippen LogP contribution is -1.88. The van der Waals surface area contributed by atoms with Gasteiger partial charge in [0.15, 0.2) is 7.58 Å². The van der Waals surface area contributed by atoms with E-state index in [4.69, 9.17) is 0 Å². The smallest absolute Gasteiger partial charge is 0.192 e. The molecule has 0 saturated carbocycles. The molecule has 2 nitrogen and oxygen atoms in total. The highest BCUT2D eigenvalue weighted by Gasteiger charge is 1.97. The molecule has 0 saturated heterocycles. The van der Waals surface area contributed by atoms with Crippen LogP contribution in [0.5, 0.6) is 0 Å². The minimum Gasteiger partial charge on any atom is -0.288 e. The molecule has 0 aliphatic rings. The van der Waals surface area contributed by atoms with Crippen molar-refractivity contribution in [1.82, 2.24) is 0 Å². The van der Waals surface area contributed by atoms with E-state index in [1.54, 1.807) is 45.2 Å². The summed E-state index contributed by atoms with van der Waals surface area (Å²) in [6.45, 7) is 0. The molecule has 0 rings (SSSR count). The maximum Gasteiger partial charge on any atom is 0.192 e. The number of hydrogen-bond acceptors (Lipinski definition) is 2. The zero-order valence-corrected chi connectivity index (χ0v) is 9.72. The largest absolute Gasteiger partial charge is 0.288 e. The van der Waals surface area contributed by atoms with Gasteiger partial charge in [-0.15, -0.1) is 0 Å². The minimum absolute atomic E-state index is 0.179. The predicted octanol–water partition coefficient (Wildman–Crippen LogP) is 2.47. The highest BCUT2D eigenvalue weighted by atomic mass is 127. The fraction of sp³-hybridized carbons (Fsp3) is 0.667. The lowest BCUT2D eigenvalue weighted by molar-refractivity contribution is -0.111. The van der Waals surface area contributed by atoms with Crippen LogP contribution in [0.4, 0.5) is 0 Å². The molecule has 0 aromatic rings. The SMILES string of the molecule is O=C(I)CCCCC(=O)I. The fourth-order valence-electron chi connectivity index (χ4n) is 0.528. The van der Waals surface area contributed by atoms with Crippen molar-refractivity contribution in [3.63, 3.8) is 0 Å². The molecule has 0 N–H and O–H groups in total. The zero-order chi connectivity index (χ0) is 7.98. The third kappa shape index (κ3) is 8.80. The standard InChI is InChI=1S/C6H8I2O2/c7-5(9)3-1-2-4-6(8)10/h1-4H2. The van der Waals surface area contributed by atoms with Crippen LogP contribution in [0.25, 0.3) is 0 Å². The average molecular weight is 366 g/mol. The Kier molecular flexibility index (Phi) is 7.03. The van der Waals surface area contributed by atoms with Crippen molar-refractivity contribution in [2.45, 2.75) is 25.7 Å². The molecule has 0 heterocycles. The summed E-state index contributed by atoms with van der Waals surface area (Å²) >= 11 is 3.55. The van der Waals surface area contributed by atoms with Crippen LogP contribution in [-0.4, -0.2) is 7.58 Å². The molecule has 0 unspecified atom stereocenters. The Morgan fingerprint density at radius 3 is 1.40 bits per heavy atom. The van der Waals surface area contributed by atoms with Crippen LogP contribution in [0.15, 0.2) is 0 Å². The minimum atomic E-state index is 0.179. The van der Waals surface area contributed by atoms with Crippen molar-refractivity contribution in [3.8, 4) is 0 Å². The van der Waals surface area contributed by atoms with Gasteiger partial charge in [-0.3, -0.25) is 9.59 Å². The fourth-order valence-corrected chi connectivity index (χ4v) is 1.29. The molecule has 0 atom stereocenters. The van der Waals surface area contributed by atoms with Crippen molar-refractivity contribution in [2.24, 2.45) is 0 Å². The van der Waals surface area contributed by atoms with Gasteiger partial charge < -0.3 is 0 Å². The molecule has 0 aliphatic heterocycles. The van der Waals surface area contributed by atoms with E-state index in [0.29, 0.717) is 12.8 Å². The van der Waals surface area contributed by atoms with Crippen molar-refractivity contribution < 1.29 is 9.59 Å². The van der Waals surface area contributed by atoms with Crippen LogP contribution >= 0.6 is 45.2 Å². The van der Waals surface area contributed by atoms with Crippen molar-refractivity contribution in [2.75, 3.05) is 0 Å². The van der Waals surface area contributed by atoms with E-state index in [2.05, 4.69) is 0 Å². The predicted molar refractivity (Wildman–Crippen MR) is 56.5 cm³/mol. The Hall–Kier alpha value is 0.800. The number of carbonyl (C=O) groups excluding carboxylic acids is 2. The van der Waals surface area contributed by atoms with Gasteiger partial charge in [0.25, 0.3) is 0 Å². The van der Waals surface area contributed by atoms with Gasteiger partial charge in [-0.25, -0.2) is 0 Å². The number of rotatable bonds is 5. The topological polar surface area (TPSA) is 34.1 Å². The van der Waals surface area contributed by atoms with E-state index in [-0.39, 0.29) is 7.58 Å². The Morgan fingerprint density at radius 1 is 0.900 bits per heavy atom. The quantitative estimate of drug-likeness (QED) is 0.426. The molecule has 0 spiro atoms. The first kappa shape index (κ1) is 10.8. The molecule has 0 fully saturated rings. The van der Waals surface area contributed by atoms with Crippen LogP contribution < -0.4 is 0 Å². The summed E-state index contributed by atoms with van der Waals surface area (Å²) in [5, 5.41) is 0. The summed E-state index contributed by atoms with van der Waals surface area (Å²) < 4.78 is 0.358. The average Bonchev–Trinajstić information content (AvgIpc) is 1.79. The van der Waals surface area contributed by atoms with Crippen molar-refractivity contribution in [3.05, 3.63) is 0 Å². The Balaban J connectivity index is 3.06. The second-order valence-corrected chi connectivity index (χ2v) is 4.32. The third-order valence-corrected chi connectivity index (χ3v) is 2.08. The van der Waals surface area contributed by atoms with Crippen LogP contribution in [0.1, 0.15) is 25.7 Å². The number of unbranched alkanes of at least 4 members (excludes halogenated alkanes) is 1. The van der Waals surface area contributed by atoms with Gasteiger partial charge in [-0.2, -0.15) is 0 Å². The molecule has 0 radical (unpaired) electrons. The van der Waals surface area contributed by atoms with Gasteiger partial charge in [0.2, 0.25) is 0 Å². The molecular weight excluding hydrogens is 358 g/mol. The van der Waals surface area contributed by atoms with E-state index in [9.17, 15) is 9.59 Å². The van der Waals surface area contributed by atoms with E-state index >= 15 is 0 Å². The Labute approximate surface area is 87.4 Å². The van der Waals surface area contributed by atoms with Crippen molar-refractivity contribution in [1.29, 1.82) is 0 Å². The summed E-state index contributed by atoms with van der Waals surface area (Å²) in [5.41, 5.74) is 0. The van der Waals surface area contributed by atoms with Crippen LogP contribution in [0.3, 0.4) is 0 Å². The summed E-state index contributed by atoms with van der Waals surface area (Å²) in [5.74, 6) is 0. The van der Waals surface area contributed by atoms with Gasteiger partial charge >= 0.3 is 0 Å². The van der Waals surface area contributed by atoms with E-state index in [1.807, 2.05) is 0 Å². The Morgan fingerprint density at radius 2 is 1.20 bits per heavy atom. The van der Waals surface area contributed by atoms with Gasteiger partial charge in [-0.1, -0.05) is 0 Å². The summed E-state index contributed by atoms with van der Waals surface area (Å²) in [6, 6.07) is 0. The van der Waals surface area contributed by atoms with Gasteiger partial charge in [0.05, 0.1) is 0 Å². The second kappa shape index (κ2) is 6.51. The highest BCUT2D eigenvalue weighted by Crippen LogP contribution is 2.06. The number of carbonyl (C=O) groups is 2. The molecule has 4 heteroatoms. The maximum absolute atomic E-state index is 10.4. The first-order chi connectivity index (χ1) is 4.63.